The lowest BCUT2D eigenvalue weighted by Crippen LogP contribution is -2.16. The number of aryl methyl sites for hydroxylation is 1. The Bertz CT molecular complexity index is 926. The molecule has 25 heavy (non-hydrogen) atoms. The first-order chi connectivity index (χ1) is 12.1. The summed E-state index contributed by atoms with van der Waals surface area (Å²) in [5, 5.41) is 12.9. The topological polar surface area (TPSA) is 80.9 Å². The lowest BCUT2D eigenvalue weighted by Gasteiger charge is -2.08. The van der Waals surface area contributed by atoms with E-state index in [-0.39, 0.29) is 5.69 Å². The predicted octanol–water partition coefficient (Wildman–Crippen LogP) is 2.92. The second kappa shape index (κ2) is 6.54. The summed E-state index contributed by atoms with van der Waals surface area (Å²) in [4.78, 5) is 12.9. The molecule has 0 aliphatic carbocycles. The van der Waals surface area contributed by atoms with E-state index in [1.807, 2.05) is 0 Å². The number of thiophene rings is 1. The Morgan fingerprint density at radius 2 is 2.12 bits per heavy atom. The highest BCUT2D eigenvalue weighted by atomic mass is 32.1. The summed E-state index contributed by atoms with van der Waals surface area (Å²) in [5.74, 6) is 0.0449. The standard InChI is InChI=1S/C19H20N4OS/c1-11-2-4-13(5-3-11)16-9-14-15(8-12-6-7-21-10-12)22-23-17(19(20)24)18(14)25-16/h2-5,9,12,21H,6-8,10H2,1H3,(H2,20,24). The number of carbonyl (C=O) groups excluding carboxylic acids is 1. The summed E-state index contributed by atoms with van der Waals surface area (Å²) < 4.78 is 0.846. The number of rotatable bonds is 4. The van der Waals surface area contributed by atoms with Crippen LogP contribution in [0.15, 0.2) is 30.3 Å². The van der Waals surface area contributed by atoms with Gasteiger partial charge >= 0.3 is 0 Å². The molecule has 1 saturated heterocycles. The minimum Gasteiger partial charge on any atom is -0.364 e. The van der Waals surface area contributed by atoms with Crippen molar-refractivity contribution in [2.24, 2.45) is 11.7 Å². The van der Waals surface area contributed by atoms with E-state index in [9.17, 15) is 4.79 Å². The molecule has 5 nitrogen and oxygen atoms in total. The lowest BCUT2D eigenvalue weighted by atomic mass is 10.00. The van der Waals surface area contributed by atoms with Crippen LogP contribution in [-0.2, 0) is 6.42 Å². The molecular weight excluding hydrogens is 332 g/mol. The highest BCUT2D eigenvalue weighted by Crippen LogP contribution is 2.36. The number of fused-ring (bicyclic) bond motifs is 1. The third-order valence-electron chi connectivity index (χ3n) is 4.74. The molecule has 3 heterocycles. The fourth-order valence-corrected chi connectivity index (χ4v) is 4.50. The monoisotopic (exact) mass is 352 g/mol. The molecule has 1 atom stereocenters. The fourth-order valence-electron chi connectivity index (χ4n) is 3.33. The zero-order chi connectivity index (χ0) is 17.4. The minimum atomic E-state index is -0.524. The summed E-state index contributed by atoms with van der Waals surface area (Å²) >= 11 is 1.56. The zero-order valence-electron chi connectivity index (χ0n) is 14.1. The van der Waals surface area contributed by atoms with Gasteiger partial charge in [-0.25, -0.2) is 0 Å². The number of carbonyl (C=O) groups is 1. The molecule has 3 N–H and O–H groups in total. The van der Waals surface area contributed by atoms with Crippen LogP contribution in [-0.4, -0.2) is 29.2 Å². The van der Waals surface area contributed by atoms with Crippen molar-refractivity contribution >= 4 is 27.3 Å². The van der Waals surface area contributed by atoms with Crippen LogP contribution in [0.5, 0.6) is 0 Å². The summed E-state index contributed by atoms with van der Waals surface area (Å²) in [5.41, 5.74) is 9.11. The normalized spacial score (nSPS) is 17.2. The number of amides is 1. The van der Waals surface area contributed by atoms with Crippen molar-refractivity contribution in [3.05, 3.63) is 47.3 Å². The van der Waals surface area contributed by atoms with Gasteiger partial charge in [0, 0.05) is 10.3 Å². The molecule has 1 fully saturated rings. The number of hydrogen-bond donors (Lipinski definition) is 2. The van der Waals surface area contributed by atoms with Gasteiger partial charge in [-0.05, 0) is 50.4 Å². The molecule has 4 rings (SSSR count). The van der Waals surface area contributed by atoms with Gasteiger partial charge in [-0.1, -0.05) is 29.8 Å². The number of primary amides is 1. The molecule has 1 aliphatic rings. The second-order valence-electron chi connectivity index (χ2n) is 6.64. The van der Waals surface area contributed by atoms with Crippen LogP contribution in [0.2, 0.25) is 0 Å². The Labute approximate surface area is 150 Å². The van der Waals surface area contributed by atoms with E-state index in [4.69, 9.17) is 5.73 Å². The van der Waals surface area contributed by atoms with Crippen LogP contribution >= 0.6 is 11.3 Å². The van der Waals surface area contributed by atoms with Crippen molar-refractivity contribution in [3.8, 4) is 10.4 Å². The first-order valence-corrected chi connectivity index (χ1v) is 9.30. The molecule has 1 unspecified atom stereocenters. The van der Waals surface area contributed by atoms with Gasteiger partial charge in [0.05, 0.1) is 10.4 Å². The highest BCUT2D eigenvalue weighted by Gasteiger charge is 2.21. The number of nitrogens with zero attached hydrogens (tertiary/aromatic N) is 2. The molecule has 0 radical (unpaired) electrons. The zero-order valence-corrected chi connectivity index (χ0v) is 14.9. The van der Waals surface area contributed by atoms with Crippen molar-refractivity contribution < 1.29 is 4.79 Å². The Hall–Kier alpha value is -2.31. The van der Waals surface area contributed by atoms with Gasteiger partial charge in [-0.15, -0.1) is 16.4 Å². The third kappa shape index (κ3) is 3.15. The molecule has 1 aromatic carbocycles. The first kappa shape index (κ1) is 16.2. The van der Waals surface area contributed by atoms with Crippen LogP contribution in [0, 0.1) is 12.8 Å². The predicted molar refractivity (Wildman–Crippen MR) is 101 cm³/mol. The Morgan fingerprint density at radius 3 is 2.80 bits per heavy atom. The maximum absolute atomic E-state index is 11.8. The first-order valence-electron chi connectivity index (χ1n) is 8.48. The van der Waals surface area contributed by atoms with Crippen molar-refractivity contribution in [2.75, 3.05) is 13.1 Å². The fraction of sp³-hybridized carbons (Fsp3) is 0.316. The summed E-state index contributed by atoms with van der Waals surface area (Å²) in [6.45, 7) is 4.13. The maximum atomic E-state index is 11.8. The number of hydrogen-bond acceptors (Lipinski definition) is 5. The largest absolute Gasteiger partial charge is 0.364 e. The van der Waals surface area contributed by atoms with Gasteiger partial charge in [-0.3, -0.25) is 4.79 Å². The Balaban J connectivity index is 1.82. The molecule has 0 saturated carbocycles. The van der Waals surface area contributed by atoms with E-state index in [0.717, 1.165) is 52.2 Å². The molecule has 0 bridgehead atoms. The van der Waals surface area contributed by atoms with Gasteiger partial charge < -0.3 is 11.1 Å². The van der Waals surface area contributed by atoms with Crippen molar-refractivity contribution in [3.63, 3.8) is 0 Å². The number of nitrogens with two attached hydrogens (primary N) is 1. The molecule has 3 aromatic rings. The molecule has 1 aliphatic heterocycles. The van der Waals surface area contributed by atoms with Crippen LogP contribution in [0.4, 0.5) is 0 Å². The molecule has 6 heteroatoms. The average Bonchev–Trinajstić information content (AvgIpc) is 3.25. The highest BCUT2D eigenvalue weighted by molar-refractivity contribution is 7.22. The van der Waals surface area contributed by atoms with Gasteiger partial charge in [0.25, 0.3) is 5.91 Å². The van der Waals surface area contributed by atoms with Crippen molar-refractivity contribution in [2.45, 2.75) is 19.8 Å². The van der Waals surface area contributed by atoms with E-state index in [1.54, 1.807) is 11.3 Å². The quantitative estimate of drug-likeness (QED) is 0.756. The van der Waals surface area contributed by atoms with Crippen LogP contribution in [0.1, 0.15) is 28.2 Å². The maximum Gasteiger partial charge on any atom is 0.270 e. The third-order valence-corrected chi connectivity index (χ3v) is 5.93. The van der Waals surface area contributed by atoms with Crippen LogP contribution in [0.3, 0.4) is 0 Å². The van der Waals surface area contributed by atoms with E-state index in [1.165, 1.54) is 5.56 Å². The molecule has 2 aromatic heterocycles. The van der Waals surface area contributed by atoms with E-state index < -0.39 is 5.91 Å². The number of nitrogens with one attached hydrogen (secondary N) is 1. The lowest BCUT2D eigenvalue weighted by molar-refractivity contribution is 0.0996. The minimum absolute atomic E-state index is 0.270. The van der Waals surface area contributed by atoms with Gasteiger partial charge in [0.15, 0.2) is 5.69 Å². The molecule has 128 valence electrons. The summed E-state index contributed by atoms with van der Waals surface area (Å²) in [7, 11) is 0. The van der Waals surface area contributed by atoms with E-state index in [2.05, 4.69) is 52.8 Å². The SMILES string of the molecule is Cc1ccc(-c2cc3c(CC4CCNC4)nnc(C(N)=O)c3s2)cc1. The molecule has 0 spiro atoms. The average molecular weight is 352 g/mol. The molecular formula is C19H20N4OS. The van der Waals surface area contributed by atoms with Gasteiger partial charge in [0.2, 0.25) is 0 Å². The summed E-state index contributed by atoms with van der Waals surface area (Å²) in [6.07, 6.45) is 2.02. The Morgan fingerprint density at radius 1 is 1.32 bits per heavy atom. The van der Waals surface area contributed by atoms with Gasteiger partial charge in [0.1, 0.15) is 0 Å². The van der Waals surface area contributed by atoms with Crippen LogP contribution < -0.4 is 11.1 Å². The van der Waals surface area contributed by atoms with Crippen molar-refractivity contribution in [1.29, 1.82) is 0 Å². The number of aromatic nitrogens is 2. The summed E-state index contributed by atoms with van der Waals surface area (Å²) in [6, 6.07) is 10.5. The van der Waals surface area contributed by atoms with Crippen molar-refractivity contribution in [1.82, 2.24) is 15.5 Å². The van der Waals surface area contributed by atoms with E-state index in [0.29, 0.717) is 5.92 Å². The van der Waals surface area contributed by atoms with E-state index >= 15 is 0 Å². The number of benzene rings is 1. The Kier molecular flexibility index (Phi) is 4.23. The molecule has 1 amide bonds. The van der Waals surface area contributed by atoms with Crippen LogP contribution in [0.25, 0.3) is 20.5 Å². The smallest absolute Gasteiger partial charge is 0.270 e. The van der Waals surface area contributed by atoms with Gasteiger partial charge in [-0.2, -0.15) is 5.10 Å². The second-order valence-corrected chi connectivity index (χ2v) is 7.69.